The van der Waals surface area contributed by atoms with Crippen molar-refractivity contribution in [1.29, 1.82) is 0 Å². The van der Waals surface area contributed by atoms with Gasteiger partial charge in [0.1, 0.15) is 17.3 Å². The Hall–Kier alpha value is -2.37. The molecule has 2 atom stereocenters. The van der Waals surface area contributed by atoms with Crippen LogP contribution < -0.4 is 9.47 Å². The molecule has 0 saturated heterocycles. The van der Waals surface area contributed by atoms with Crippen molar-refractivity contribution in [1.82, 2.24) is 0 Å². The molecule has 0 radical (unpaired) electrons. The van der Waals surface area contributed by atoms with Gasteiger partial charge in [-0.25, -0.2) is 0 Å². The number of benzene rings is 2. The fourth-order valence-corrected chi connectivity index (χ4v) is 4.29. The Morgan fingerprint density at radius 3 is 1.34 bits per heavy atom. The molecule has 0 aliphatic rings. The van der Waals surface area contributed by atoms with E-state index in [2.05, 4.69) is 65.8 Å². The van der Waals surface area contributed by atoms with Gasteiger partial charge in [0.2, 0.25) is 0 Å². The van der Waals surface area contributed by atoms with Gasteiger partial charge in [-0.05, 0) is 83.0 Å². The van der Waals surface area contributed by atoms with Gasteiger partial charge in [-0.2, -0.15) is 0 Å². The minimum absolute atomic E-state index is 0.0864. The number of aliphatic hydroxyl groups is 2. The second-order valence-electron chi connectivity index (χ2n) is 12.5. The highest BCUT2D eigenvalue weighted by Gasteiger charge is 2.27. The number of carbonyl (C=O) groups excluding carboxylic acids is 1. The number of ether oxygens (including phenoxy) is 2. The minimum atomic E-state index is -0.306. The quantitative estimate of drug-likeness (QED) is 0.258. The third-order valence-electron chi connectivity index (χ3n) is 7.09. The molecule has 0 bridgehead atoms. The van der Waals surface area contributed by atoms with Gasteiger partial charge in [0.25, 0.3) is 0 Å². The van der Waals surface area contributed by atoms with E-state index in [1.807, 2.05) is 26.0 Å². The fraction of sp³-hybridized carbons (Fsp3) is 0.606. The van der Waals surface area contributed by atoms with Gasteiger partial charge in [-0.15, -0.1) is 0 Å². The molecule has 2 N–H and O–H groups in total. The van der Waals surface area contributed by atoms with Crippen molar-refractivity contribution in [3.8, 4) is 11.5 Å². The van der Waals surface area contributed by atoms with Gasteiger partial charge in [0, 0.05) is 25.0 Å². The number of aliphatic hydroxyl groups excluding tert-OH is 2. The summed E-state index contributed by atoms with van der Waals surface area (Å²) in [5, 5.41) is 18.1. The molecule has 2 aromatic rings. The van der Waals surface area contributed by atoms with Gasteiger partial charge in [-0.1, -0.05) is 67.5 Å². The maximum absolute atomic E-state index is 13.8. The summed E-state index contributed by atoms with van der Waals surface area (Å²) in [4.78, 5) is 13.8. The first-order valence-corrected chi connectivity index (χ1v) is 14.1. The lowest BCUT2D eigenvalue weighted by Gasteiger charge is -2.25. The standard InChI is InChI=1S/C33H50O5/c1-23(25-17-27(32(3,4)5)21-29(19-25)37-15-11-9-13-34)31(36)24(2)26-18-28(33(6,7)8)22-30(20-26)38-16-12-10-14-35/h17-24,34-35H,9-16H2,1-8H3. The number of hydrogen-bond donors (Lipinski definition) is 2. The summed E-state index contributed by atoms with van der Waals surface area (Å²) in [6.45, 7) is 18.3. The molecule has 0 heterocycles. The molecule has 0 aromatic heterocycles. The van der Waals surface area contributed by atoms with E-state index >= 15 is 0 Å². The van der Waals surface area contributed by atoms with Crippen LogP contribution in [0, 0.1) is 0 Å². The third kappa shape index (κ3) is 9.43. The van der Waals surface area contributed by atoms with Crippen LogP contribution in [0.5, 0.6) is 11.5 Å². The highest BCUT2D eigenvalue weighted by molar-refractivity contribution is 5.91. The molecular weight excluding hydrogens is 476 g/mol. The van der Waals surface area contributed by atoms with E-state index in [-0.39, 0.29) is 41.7 Å². The van der Waals surface area contributed by atoms with Crippen molar-refractivity contribution in [2.45, 2.75) is 104 Å². The van der Waals surface area contributed by atoms with E-state index in [9.17, 15) is 4.79 Å². The van der Waals surface area contributed by atoms with Gasteiger partial charge < -0.3 is 19.7 Å². The number of Topliss-reactive ketones (excluding diaryl/α,β-unsaturated/α-hetero) is 1. The highest BCUT2D eigenvalue weighted by atomic mass is 16.5. The maximum Gasteiger partial charge on any atom is 0.147 e. The second-order valence-corrected chi connectivity index (χ2v) is 12.5. The molecule has 0 aliphatic carbocycles. The van der Waals surface area contributed by atoms with Crippen LogP contribution in [-0.2, 0) is 15.6 Å². The van der Waals surface area contributed by atoms with Gasteiger partial charge in [0.05, 0.1) is 13.2 Å². The molecule has 2 rings (SSSR count). The van der Waals surface area contributed by atoms with Crippen molar-refractivity contribution in [2.24, 2.45) is 0 Å². The zero-order valence-electron chi connectivity index (χ0n) is 24.9. The van der Waals surface area contributed by atoms with Crippen molar-refractivity contribution in [3.05, 3.63) is 58.7 Å². The van der Waals surface area contributed by atoms with Crippen LogP contribution in [0.3, 0.4) is 0 Å². The van der Waals surface area contributed by atoms with E-state index in [1.165, 1.54) is 0 Å². The molecule has 5 nitrogen and oxygen atoms in total. The van der Waals surface area contributed by atoms with E-state index in [1.54, 1.807) is 0 Å². The molecule has 5 heteroatoms. The summed E-state index contributed by atoms with van der Waals surface area (Å²) < 4.78 is 12.1. The van der Waals surface area contributed by atoms with E-state index < -0.39 is 0 Å². The largest absolute Gasteiger partial charge is 0.494 e. The van der Waals surface area contributed by atoms with Crippen LogP contribution in [0.4, 0.5) is 0 Å². The fourth-order valence-electron chi connectivity index (χ4n) is 4.29. The molecule has 0 amide bonds. The molecule has 0 spiro atoms. The Balaban J connectivity index is 2.36. The van der Waals surface area contributed by atoms with Crippen molar-refractivity contribution >= 4 is 5.78 Å². The lowest BCUT2D eigenvalue weighted by atomic mass is 9.80. The van der Waals surface area contributed by atoms with Crippen LogP contribution >= 0.6 is 0 Å². The molecule has 38 heavy (non-hydrogen) atoms. The minimum Gasteiger partial charge on any atom is -0.494 e. The summed E-state index contributed by atoms with van der Waals surface area (Å²) in [5.41, 5.74) is 4.01. The normalized spacial score (nSPS) is 13.7. The van der Waals surface area contributed by atoms with Crippen LogP contribution in [0.15, 0.2) is 36.4 Å². The topological polar surface area (TPSA) is 76.0 Å². The predicted molar refractivity (Wildman–Crippen MR) is 156 cm³/mol. The zero-order chi connectivity index (χ0) is 28.5. The molecule has 212 valence electrons. The van der Waals surface area contributed by atoms with E-state index in [0.29, 0.717) is 26.1 Å². The molecular formula is C33H50O5. The summed E-state index contributed by atoms with van der Waals surface area (Å²) in [5.74, 6) is 1.08. The summed E-state index contributed by atoms with van der Waals surface area (Å²) in [6.07, 6.45) is 2.98. The second kappa shape index (κ2) is 14.1. The van der Waals surface area contributed by atoms with Crippen LogP contribution in [0.2, 0.25) is 0 Å². The molecule has 2 aromatic carbocycles. The molecule has 0 saturated carbocycles. The lowest BCUT2D eigenvalue weighted by molar-refractivity contribution is -0.121. The van der Waals surface area contributed by atoms with Crippen molar-refractivity contribution in [3.63, 3.8) is 0 Å². The zero-order valence-corrected chi connectivity index (χ0v) is 24.9. The lowest BCUT2D eigenvalue weighted by Crippen LogP contribution is -2.19. The Morgan fingerprint density at radius 1 is 0.658 bits per heavy atom. The van der Waals surface area contributed by atoms with Gasteiger partial charge in [-0.3, -0.25) is 4.79 Å². The molecule has 0 aliphatic heterocycles. The summed E-state index contributed by atoms with van der Waals surface area (Å²) >= 11 is 0. The molecule has 0 fully saturated rings. The smallest absolute Gasteiger partial charge is 0.147 e. The first-order valence-electron chi connectivity index (χ1n) is 14.1. The van der Waals surface area contributed by atoms with Crippen LogP contribution in [0.25, 0.3) is 0 Å². The Kier molecular flexibility index (Phi) is 11.8. The Morgan fingerprint density at radius 2 is 1.03 bits per heavy atom. The Labute approximate surface area is 230 Å². The third-order valence-corrected chi connectivity index (χ3v) is 7.09. The number of rotatable bonds is 14. The van der Waals surface area contributed by atoms with E-state index in [4.69, 9.17) is 19.7 Å². The number of unbranched alkanes of at least 4 members (excludes halogenated alkanes) is 2. The summed E-state index contributed by atoms with van der Waals surface area (Å²) in [6, 6.07) is 12.4. The Bertz CT molecular complexity index is 947. The average Bonchev–Trinajstić information content (AvgIpc) is 2.86. The highest BCUT2D eigenvalue weighted by Crippen LogP contribution is 2.36. The van der Waals surface area contributed by atoms with Crippen molar-refractivity contribution in [2.75, 3.05) is 26.4 Å². The number of ketones is 1. The number of carbonyl (C=O) groups is 1. The first-order chi connectivity index (χ1) is 17.8. The molecule has 2 unspecified atom stereocenters. The number of hydrogen-bond acceptors (Lipinski definition) is 5. The predicted octanol–water partition coefficient (Wildman–Crippen LogP) is 7.06. The summed E-state index contributed by atoms with van der Waals surface area (Å²) in [7, 11) is 0. The van der Waals surface area contributed by atoms with Gasteiger partial charge >= 0.3 is 0 Å². The monoisotopic (exact) mass is 526 g/mol. The van der Waals surface area contributed by atoms with E-state index in [0.717, 1.165) is 46.6 Å². The average molecular weight is 527 g/mol. The van der Waals surface area contributed by atoms with Gasteiger partial charge in [0.15, 0.2) is 0 Å². The van der Waals surface area contributed by atoms with Crippen LogP contribution in [-0.4, -0.2) is 42.4 Å². The first kappa shape index (κ1) is 31.8. The van der Waals surface area contributed by atoms with Crippen molar-refractivity contribution < 1.29 is 24.5 Å². The SMILES string of the molecule is CC(C(=O)C(C)c1cc(OCCCCO)cc(C(C)(C)C)c1)c1cc(OCCCCO)cc(C(C)(C)C)c1. The maximum atomic E-state index is 13.8. The van der Waals surface area contributed by atoms with Crippen LogP contribution in [0.1, 0.15) is 115 Å².